The molecule has 0 unspecified atom stereocenters. The van der Waals surface area contributed by atoms with E-state index in [1.807, 2.05) is 6.07 Å². The highest BCUT2D eigenvalue weighted by Gasteiger charge is 2.39. The fourth-order valence-electron chi connectivity index (χ4n) is 5.77. The van der Waals surface area contributed by atoms with Crippen LogP contribution in [-0.2, 0) is 6.42 Å². The van der Waals surface area contributed by atoms with E-state index in [0.717, 1.165) is 18.1 Å². The minimum Gasteiger partial charge on any atom is -0.410 e. The quantitative estimate of drug-likeness (QED) is 0.618. The topological polar surface area (TPSA) is 32.8 Å². The molecule has 4 nitrogen and oxygen atoms in total. The molecule has 1 aliphatic heterocycles. The van der Waals surface area contributed by atoms with Crippen LogP contribution in [0.2, 0.25) is 0 Å². The molecule has 1 aromatic carbocycles. The Morgan fingerprint density at radius 2 is 1.93 bits per heavy atom. The zero-order valence-electron chi connectivity index (χ0n) is 18.1. The zero-order chi connectivity index (χ0) is 19.5. The van der Waals surface area contributed by atoms with Gasteiger partial charge in [0.25, 0.3) is 0 Å². The van der Waals surface area contributed by atoms with Crippen LogP contribution in [0.15, 0.2) is 18.2 Å². The van der Waals surface area contributed by atoms with Crippen molar-refractivity contribution < 1.29 is 9.53 Å². The van der Waals surface area contributed by atoms with E-state index in [1.54, 1.807) is 14.1 Å². The van der Waals surface area contributed by atoms with Gasteiger partial charge in [-0.25, -0.2) is 4.79 Å². The second-order valence-corrected chi connectivity index (χ2v) is 9.27. The van der Waals surface area contributed by atoms with Crippen molar-refractivity contribution in [2.45, 2.75) is 76.2 Å². The Hall–Kier alpha value is -1.26. The fraction of sp³-hybridized carbons (Fsp3) is 0.708. The van der Waals surface area contributed by atoms with Gasteiger partial charge in [-0.3, -0.25) is 4.90 Å². The lowest BCUT2D eigenvalue weighted by molar-refractivity contribution is 0.170. The molecule has 1 saturated heterocycles. The smallest absolute Gasteiger partial charge is 0.410 e. The van der Waals surface area contributed by atoms with Crippen molar-refractivity contribution >= 4 is 18.5 Å². The van der Waals surface area contributed by atoms with Crippen molar-refractivity contribution in [1.29, 1.82) is 0 Å². The number of nitrogens with zero attached hydrogens (tertiary/aromatic N) is 2. The number of likely N-dealkylation sites (tertiary alicyclic amines) is 1. The molecule has 1 amide bonds. The van der Waals surface area contributed by atoms with Gasteiger partial charge in [-0.15, -0.1) is 12.4 Å². The molecule has 0 spiro atoms. The van der Waals surface area contributed by atoms with Gasteiger partial charge in [-0.05, 0) is 68.3 Å². The van der Waals surface area contributed by atoms with Crippen molar-refractivity contribution in [3.63, 3.8) is 0 Å². The molecule has 0 radical (unpaired) electrons. The molecule has 4 rings (SSSR count). The van der Waals surface area contributed by atoms with E-state index in [1.165, 1.54) is 86.9 Å². The lowest BCUT2D eigenvalue weighted by Crippen LogP contribution is -2.36. The summed E-state index contributed by atoms with van der Waals surface area (Å²) in [5, 5.41) is 0. The first-order valence-electron chi connectivity index (χ1n) is 11.4. The maximum atomic E-state index is 12.0. The maximum Gasteiger partial charge on any atom is 0.414 e. The Labute approximate surface area is 182 Å². The molecule has 1 aromatic rings. The van der Waals surface area contributed by atoms with E-state index in [0.29, 0.717) is 12.0 Å². The van der Waals surface area contributed by atoms with E-state index >= 15 is 0 Å². The number of hydrogen-bond donors (Lipinski definition) is 0. The minimum atomic E-state index is -0.286. The van der Waals surface area contributed by atoms with Gasteiger partial charge in [0.05, 0.1) is 0 Å². The molecule has 2 fully saturated rings. The van der Waals surface area contributed by atoms with Gasteiger partial charge in [0.2, 0.25) is 0 Å². The summed E-state index contributed by atoms with van der Waals surface area (Å²) in [6, 6.07) is 6.96. The Morgan fingerprint density at radius 1 is 1.14 bits per heavy atom. The van der Waals surface area contributed by atoms with E-state index in [9.17, 15) is 4.79 Å². The average molecular weight is 421 g/mol. The molecule has 1 saturated carbocycles. The molecule has 0 bridgehead atoms. The van der Waals surface area contributed by atoms with Crippen LogP contribution < -0.4 is 4.74 Å². The van der Waals surface area contributed by atoms with Crippen LogP contribution in [0.5, 0.6) is 5.75 Å². The van der Waals surface area contributed by atoms with Gasteiger partial charge in [-0.2, -0.15) is 0 Å². The van der Waals surface area contributed by atoms with Crippen molar-refractivity contribution in [3.8, 4) is 5.75 Å². The third-order valence-corrected chi connectivity index (χ3v) is 7.26. The van der Waals surface area contributed by atoms with Crippen LogP contribution >= 0.6 is 12.4 Å². The standard InChI is InChI=1S/C24H36N2O2.ClH/c1-25(2)24(27)28-23-12-6-11-19-20-15-17-26(22(20)14-13-21(19)23)16-7-10-18-8-4-3-5-9-18;/h6,11-12,18,20,22H,3-5,7-10,13-17H2,1-2H3;1H/t20-,22+;/m1./s1. The number of carbonyl (C=O) groups excluding carboxylic acids is 1. The number of amides is 1. The van der Waals surface area contributed by atoms with Crippen molar-refractivity contribution in [1.82, 2.24) is 9.80 Å². The molecule has 162 valence electrons. The van der Waals surface area contributed by atoms with Gasteiger partial charge in [-0.1, -0.05) is 44.2 Å². The van der Waals surface area contributed by atoms with E-state index in [-0.39, 0.29) is 18.5 Å². The molecule has 3 aliphatic rings. The first kappa shape index (κ1) is 22.4. The average Bonchev–Trinajstić information content (AvgIpc) is 3.12. The normalized spacial score (nSPS) is 24.3. The second-order valence-electron chi connectivity index (χ2n) is 9.27. The van der Waals surface area contributed by atoms with Gasteiger partial charge in [0.15, 0.2) is 0 Å². The summed E-state index contributed by atoms with van der Waals surface area (Å²) >= 11 is 0. The van der Waals surface area contributed by atoms with Crippen molar-refractivity contribution in [2.24, 2.45) is 5.92 Å². The second kappa shape index (κ2) is 10.2. The first-order chi connectivity index (χ1) is 13.6. The van der Waals surface area contributed by atoms with Crippen LogP contribution in [-0.4, -0.2) is 49.1 Å². The molecule has 0 N–H and O–H groups in total. The largest absolute Gasteiger partial charge is 0.414 e. The maximum absolute atomic E-state index is 12.0. The Balaban J connectivity index is 0.00000240. The highest BCUT2D eigenvalue weighted by atomic mass is 35.5. The molecular formula is C24H37ClN2O2. The predicted molar refractivity (Wildman–Crippen MR) is 120 cm³/mol. The van der Waals surface area contributed by atoms with Gasteiger partial charge < -0.3 is 9.64 Å². The zero-order valence-corrected chi connectivity index (χ0v) is 18.9. The highest BCUT2D eigenvalue weighted by molar-refractivity contribution is 5.85. The SMILES string of the molecule is CN(C)C(=O)Oc1cccc2c1CC[C@H]1[C@@H]2CCN1CCCC1CCCCC1.Cl. The molecule has 1 heterocycles. The molecule has 2 aliphatic carbocycles. The summed E-state index contributed by atoms with van der Waals surface area (Å²) in [6.45, 7) is 2.49. The van der Waals surface area contributed by atoms with Crippen LogP contribution in [0.1, 0.15) is 74.8 Å². The molecule has 29 heavy (non-hydrogen) atoms. The fourth-order valence-corrected chi connectivity index (χ4v) is 5.77. The number of hydrogen-bond acceptors (Lipinski definition) is 3. The highest BCUT2D eigenvalue weighted by Crippen LogP contribution is 2.44. The van der Waals surface area contributed by atoms with Crippen molar-refractivity contribution in [2.75, 3.05) is 27.2 Å². The van der Waals surface area contributed by atoms with Crippen LogP contribution in [0, 0.1) is 5.92 Å². The lowest BCUT2D eigenvalue weighted by atomic mass is 9.79. The van der Waals surface area contributed by atoms with Gasteiger partial charge in [0, 0.05) is 26.1 Å². The number of ether oxygens (including phenoxy) is 1. The number of halogens is 1. The summed E-state index contributed by atoms with van der Waals surface area (Å²) in [4.78, 5) is 16.3. The van der Waals surface area contributed by atoms with E-state index in [4.69, 9.17) is 4.74 Å². The summed E-state index contributed by atoms with van der Waals surface area (Å²) in [6.07, 6.45) is 13.3. The Bertz CT molecular complexity index is 687. The molecule has 2 atom stereocenters. The van der Waals surface area contributed by atoms with E-state index < -0.39 is 0 Å². The van der Waals surface area contributed by atoms with Crippen LogP contribution in [0.4, 0.5) is 4.79 Å². The molecule has 0 aromatic heterocycles. The summed E-state index contributed by atoms with van der Waals surface area (Å²) in [5.41, 5.74) is 2.69. The Kier molecular flexibility index (Phi) is 7.86. The third kappa shape index (κ3) is 5.08. The third-order valence-electron chi connectivity index (χ3n) is 7.26. The molecule has 5 heteroatoms. The molecular weight excluding hydrogens is 384 g/mol. The van der Waals surface area contributed by atoms with Gasteiger partial charge >= 0.3 is 6.09 Å². The lowest BCUT2D eigenvalue weighted by Gasteiger charge is -2.34. The van der Waals surface area contributed by atoms with Crippen molar-refractivity contribution in [3.05, 3.63) is 29.3 Å². The van der Waals surface area contributed by atoms with Gasteiger partial charge in [0.1, 0.15) is 5.75 Å². The number of rotatable bonds is 5. The minimum absolute atomic E-state index is 0. The van der Waals surface area contributed by atoms with Crippen LogP contribution in [0.25, 0.3) is 0 Å². The summed E-state index contributed by atoms with van der Waals surface area (Å²) < 4.78 is 5.65. The number of benzene rings is 1. The van der Waals surface area contributed by atoms with E-state index in [2.05, 4.69) is 17.0 Å². The number of fused-ring (bicyclic) bond motifs is 3. The number of carbonyl (C=O) groups is 1. The monoisotopic (exact) mass is 420 g/mol. The van der Waals surface area contributed by atoms with Crippen LogP contribution in [0.3, 0.4) is 0 Å². The first-order valence-corrected chi connectivity index (χ1v) is 11.4. The summed E-state index contributed by atoms with van der Waals surface area (Å²) in [7, 11) is 3.46. The predicted octanol–water partition coefficient (Wildman–Crippen LogP) is 5.63. The Morgan fingerprint density at radius 3 is 2.69 bits per heavy atom. The summed E-state index contributed by atoms with van der Waals surface area (Å²) in [5.74, 6) is 2.37.